The molecule has 78 valence electrons. The largest absolute Gasteiger partial charge is 0.385 e. The van der Waals surface area contributed by atoms with Crippen LogP contribution in [-0.4, -0.2) is 5.11 Å². The second-order valence-electron chi connectivity index (χ2n) is 3.94. The molecule has 0 spiro atoms. The van der Waals surface area contributed by atoms with Crippen LogP contribution in [0.1, 0.15) is 32.8 Å². The summed E-state index contributed by atoms with van der Waals surface area (Å²) in [6.07, 6.45) is 0.635. The Labute approximate surface area is 84.6 Å². The Morgan fingerprint density at radius 2 is 1.79 bits per heavy atom. The summed E-state index contributed by atoms with van der Waals surface area (Å²) in [5.41, 5.74) is -0.0512. The van der Waals surface area contributed by atoms with Crippen LogP contribution in [0, 0.1) is 11.7 Å². The van der Waals surface area contributed by atoms with Gasteiger partial charge < -0.3 is 5.11 Å². The van der Waals surface area contributed by atoms with Crippen molar-refractivity contribution in [2.75, 3.05) is 0 Å². The van der Waals surface area contributed by atoms with E-state index in [1.807, 2.05) is 20.8 Å². The maximum Gasteiger partial charge on any atom is 0.123 e. The topological polar surface area (TPSA) is 20.2 Å². The summed E-state index contributed by atoms with van der Waals surface area (Å²) >= 11 is 0. The van der Waals surface area contributed by atoms with Crippen LogP contribution >= 0.6 is 0 Å². The molecule has 0 aliphatic rings. The van der Waals surface area contributed by atoms with E-state index in [-0.39, 0.29) is 11.7 Å². The zero-order valence-corrected chi connectivity index (χ0v) is 8.92. The number of hydrogen-bond acceptors (Lipinski definition) is 1. The van der Waals surface area contributed by atoms with Crippen LogP contribution in [0.15, 0.2) is 24.3 Å². The minimum absolute atomic E-state index is 0.123. The molecule has 1 aromatic carbocycles. The van der Waals surface area contributed by atoms with Crippen molar-refractivity contribution in [3.63, 3.8) is 0 Å². The lowest BCUT2D eigenvalue weighted by Gasteiger charge is -2.31. The minimum atomic E-state index is -0.840. The first-order valence-corrected chi connectivity index (χ1v) is 4.99. The first kappa shape index (κ1) is 11.2. The minimum Gasteiger partial charge on any atom is -0.385 e. The number of benzene rings is 1. The summed E-state index contributed by atoms with van der Waals surface area (Å²) in [5, 5.41) is 10.3. The number of hydrogen-bond donors (Lipinski definition) is 1. The van der Waals surface area contributed by atoms with Gasteiger partial charge in [0, 0.05) is 0 Å². The Kier molecular flexibility index (Phi) is 3.27. The molecule has 1 rings (SSSR count). The molecule has 2 heteroatoms. The fraction of sp³-hybridized carbons (Fsp3) is 0.500. The van der Waals surface area contributed by atoms with Crippen LogP contribution in [-0.2, 0) is 5.60 Å². The highest BCUT2D eigenvalue weighted by Crippen LogP contribution is 2.32. The summed E-state index contributed by atoms with van der Waals surface area (Å²) in [6, 6.07) is 6.08. The molecule has 1 nitrogen and oxygen atoms in total. The Balaban J connectivity index is 3.06. The Morgan fingerprint density at radius 3 is 2.14 bits per heavy atom. The highest BCUT2D eigenvalue weighted by molar-refractivity contribution is 5.23. The van der Waals surface area contributed by atoms with Crippen LogP contribution in [0.4, 0.5) is 4.39 Å². The summed E-state index contributed by atoms with van der Waals surface area (Å²) in [4.78, 5) is 0. The van der Waals surface area contributed by atoms with Gasteiger partial charge in [-0.1, -0.05) is 32.9 Å². The third-order valence-corrected chi connectivity index (χ3v) is 2.84. The molecule has 0 amide bonds. The molecule has 1 unspecified atom stereocenters. The maximum absolute atomic E-state index is 12.7. The summed E-state index contributed by atoms with van der Waals surface area (Å²) < 4.78 is 12.7. The van der Waals surface area contributed by atoms with Gasteiger partial charge in [0.05, 0.1) is 5.60 Å². The van der Waals surface area contributed by atoms with E-state index in [1.165, 1.54) is 12.1 Å². The van der Waals surface area contributed by atoms with Crippen molar-refractivity contribution in [1.82, 2.24) is 0 Å². The van der Waals surface area contributed by atoms with Crippen molar-refractivity contribution in [3.8, 4) is 0 Å². The molecule has 0 bridgehead atoms. The predicted octanol–water partition coefficient (Wildman–Crippen LogP) is 3.08. The van der Waals surface area contributed by atoms with E-state index in [1.54, 1.807) is 12.1 Å². The molecule has 0 saturated heterocycles. The molecule has 0 aliphatic heterocycles. The van der Waals surface area contributed by atoms with E-state index in [2.05, 4.69) is 0 Å². The molecule has 14 heavy (non-hydrogen) atoms. The fourth-order valence-corrected chi connectivity index (χ4v) is 1.68. The lowest BCUT2D eigenvalue weighted by Crippen LogP contribution is -2.31. The SMILES string of the molecule is CCC(O)(c1ccc(F)cc1)C(C)C. The third kappa shape index (κ3) is 1.95. The summed E-state index contributed by atoms with van der Waals surface area (Å²) in [7, 11) is 0. The van der Waals surface area contributed by atoms with Crippen molar-refractivity contribution in [2.45, 2.75) is 32.8 Å². The van der Waals surface area contributed by atoms with E-state index in [4.69, 9.17) is 0 Å². The normalized spacial score (nSPS) is 15.6. The van der Waals surface area contributed by atoms with Gasteiger partial charge in [0.25, 0.3) is 0 Å². The molecule has 0 heterocycles. The van der Waals surface area contributed by atoms with Gasteiger partial charge in [0.15, 0.2) is 0 Å². The molecule has 0 fully saturated rings. The second kappa shape index (κ2) is 4.09. The van der Waals surface area contributed by atoms with Crippen LogP contribution in [0.3, 0.4) is 0 Å². The van der Waals surface area contributed by atoms with Gasteiger partial charge in [-0.3, -0.25) is 0 Å². The Morgan fingerprint density at radius 1 is 1.29 bits per heavy atom. The van der Waals surface area contributed by atoms with E-state index < -0.39 is 5.60 Å². The Bertz CT molecular complexity index is 292. The van der Waals surface area contributed by atoms with E-state index >= 15 is 0 Å². The van der Waals surface area contributed by atoms with Gasteiger partial charge in [-0.05, 0) is 30.0 Å². The first-order valence-electron chi connectivity index (χ1n) is 4.99. The average Bonchev–Trinajstić information content (AvgIpc) is 2.17. The third-order valence-electron chi connectivity index (χ3n) is 2.84. The van der Waals surface area contributed by atoms with Crippen LogP contribution < -0.4 is 0 Å². The fourth-order valence-electron chi connectivity index (χ4n) is 1.68. The lowest BCUT2D eigenvalue weighted by molar-refractivity contribution is -0.0140. The standard InChI is InChI=1S/C12H17FO/c1-4-12(14,9(2)3)10-5-7-11(13)8-6-10/h5-9,14H,4H2,1-3H3. The second-order valence-corrected chi connectivity index (χ2v) is 3.94. The van der Waals surface area contributed by atoms with Gasteiger partial charge in [0.1, 0.15) is 5.82 Å². The molecule has 0 aliphatic carbocycles. The van der Waals surface area contributed by atoms with Gasteiger partial charge in [0.2, 0.25) is 0 Å². The molecular weight excluding hydrogens is 179 g/mol. The Hall–Kier alpha value is -0.890. The van der Waals surface area contributed by atoms with Crippen LogP contribution in [0.25, 0.3) is 0 Å². The molecule has 0 aromatic heterocycles. The quantitative estimate of drug-likeness (QED) is 0.787. The van der Waals surface area contributed by atoms with Crippen molar-refractivity contribution in [3.05, 3.63) is 35.6 Å². The van der Waals surface area contributed by atoms with Gasteiger partial charge in [-0.2, -0.15) is 0 Å². The van der Waals surface area contributed by atoms with E-state index in [9.17, 15) is 9.50 Å². The zero-order chi connectivity index (χ0) is 10.8. The van der Waals surface area contributed by atoms with Crippen molar-refractivity contribution in [1.29, 1.82) is 0 Å². The lowest BCUT2D eigenvalue weighted by atomic mass is 9.81. The molecule has 1 atom stereocenters. The maximum atomic E-state index is 12.7. The number of halogens is 1. The van der Waals surface area contributed by atoms with E-state index in [0.717, 1.165) is 5.56 Å². The van der Waals surface area contributed by atoms with Crippen molar-refractivity contribution >= 4 is 0 Å². The van der Waals surface area contributed by atoms with Crippen molar-refractivity contribution in [2.24, 2.45) is 5.92 Å². The first-order chi connectivity index (χ1) is 6.50. The summed E-state index contributed by atoms with van der Waals surface area (Å²) in [6.45, 7) is 5.86. The molecular formula is C12H17FO. The highest BCUT2D eigenvalue weighted by atomic mass is 19.1. The molecule has 1 aromatic rings. The van der Waals surface area contributed by atoms with Gasteiger partial charge in [-0.15, -0.1) is 0 Å². The van der Waals surface area contributed by atoms with Crippen LogP contribution in [0.5, 0.6) is 0 Å². The van der Waals surface area contributed by atoms with Gasteiger partial charge in [-0.25, -0.2) is 4.39 Å². The monoisotopic (exact) mass is 196 g/mol. The average molecular weight is 196 g/mol. The summed E-state index contributed by atoms with van der Waals surface area (Å²) in [5.74, 6) is -0.145. The number of aliphatic hydroxyl groups is 1. The van der Waals surface area contributed by atoms with Crippen LogP contribution in [0.2, 0.25) is 0 Å². The molecule has 1 N–H and O–H groups in total. The smallest absolute Gasteiger partial charge is 0.123 e. The molecule has 0 radical (unpaired) electrons. The van der Waals surface area contributed by atoms with E-state index in [0.29, 0.717) is 6.42 Å². The molecule has 0 saturated carbocycles. The van der Waals surface area contributed by atoms with Crippen molar-refractivity contribution < 1.29 is 9.50 Å². The number of rotatable bonds is 3. The zero-order valence-electron chi connectivity index (χ0n) is 8.92. The van der Waals surface area contributed by atoms with Gasteiger partial charge >= 0.3 is 0 Å². The predicted molar refractivity (Wildman–Crippen MR) is 55.4 cm³/mol. The highest BCUT2D eigenvalue weighted by Gasteiger charge is 2.30.